The zero-order valence-electron chi connectivity index (χ0n) is 6.38. The lowest BCUT2D eigenvalue weighted by Crippen LogP contribution is -2.01. The van der Waals surface area contributed by atoms with Gasteiger partial charge in [-0.05, 0) is 38.6 Å². The number of halogens is 4. The van der Waals surface area contributed by atoms with E-state index >= 15 is 0 Å². The van der Waals surface area contributed by atoms with Gasteiger partial charge in [-0.3, -0.25) is 0 Å². The van der Waals surface area contributed by atoms with E-state index in [4.69, 9.17) is 0 Å². The lowest BCUT2D eigenvalue weighted by Gasteiger charge is -2.01. The molecule has 0 saturated heterocycles. The van der Waals surface area contributed by atoms with Crippen molar-refractivity contribution in [3.8, 4) is 0 Å². The van der Waals surface area contributed by atoms with Gasteiger partial charge in [-0.1, -0.05) is 0 Å². The Morgan fingerprint density at radius 3 is 2.50 bits per heavy atom. The summed E-state index contributed by atoms with van der Waals surface area (Å²) in [5, 5.41) is 10.4. The number of alkyl halides is 2. The molecule has 0 spiro atoms. The summed E-state index contributed by atoms with van der Waals surface area (Å²) in [6.45, 7) is 0. The largest absolute Gasteiger partial charge is 0.378 e. The maximum absolute atomic E-state index is 12.3. The van der Waals surface area contributed by atoms with E-state index in [-0.39, 0.29) is 18.7 Å². The summed E-state index contributed by atoms with van der Waals surface area (Å²) in [6, 6.07) is 1.08. The standard InChI is InChI=1S/C6H2F2I2N2O2/c7-4(8)2-1-3(9)6(12(13)14)11-5(2)10/h1,4H. The summed E-state index contributed by atoms with van der Waals surface area (Å²) in [7, 11) is 0. The molecule has 0 fully saturated rings. The number of nitro groups is 1. The molecule has 8 heteroatoms. The smallest absolute Gasteiger partial charge is 0.358 e. The Labute approximate surface area is 105 Å². The normalized spacial score (nSPS) is 10.6. The molecule has 0 amide bonds. The van der Waals surface area contributed by atoms with E-state index in [0.717, 1.165) is 6.07 Å². The number of pyridine rings is 1. The summed E-state index contributed by atoms with van der Waals surface area (Å²) in [4.78, 5) is 13.2. The Kier molecular flexibility index (Phi) is 3.92. The van der Waals surface area contributed by atoms with Crippen LogP contribution in [0.15, 0.2) is 6.07 Å². The van der Waals surface area contributed by atoms with Crippen molar-refractivity contribution < 1.29 is 13.7 Å². The molecule has 1 heterocycles. The van der Waals surface area contributed by atoms with Crippen molar-refractivity contribution in [3.63, 3.8) is 0 Å². The van der Waals surface area contributed by atoms with E-state index in [9.17, 15) is 18.9 Å². The molecule has 0 radical (unpaired) electrons. The van der Waals surface area contributed by atoms with Gasteiger partial charge >= 0.3 is 5.82 Å². The fourth-order valence-corrected chi connectivity index (χ4v) is 2.03. The highest BCUT2D eigenvalue weighted by Gasteiger charge is 2.23. The van der Waals surface area contributed by atoms with Gasteiger partial charge in [-0.2, -0.15) is 0 Å². The fourth-order valence-electron chi connectivity index (χ4n) is 0.753. The number of hydrogen-bond donors (Lipinski definition) is 0. The highest BCUT2D eigenvalue weighted by molar-refractivity contribution is 14.1. The number of aromatic nitrogens is 1. The molecule has 4 nitrogen and oxygen atoms in total. The second-order valence-corrected chi connectivity index (χ2v) is 4.42. The highest BCUT2D eigenvalue weighted by atomic mass is 127. The summed E-state index contributed by atoms with van der Waals surface area (Å²) >= 11 is 3.16. The van der Waals surface area contributed by atoms with Crippen LogP contribution in [0.25, 0.3) is 0 Å². The van der Waals surface area contributed by atoms with Gasteiger partial charge in [0, 0.05) is 22.6 Å². The van der Waals surface area contributed by atoms with Gasteiger partial charge in [-0.15, -0.1) is 0 Å². The number of nitrogens with zero attached hydrogens (tertiary/aromatic N) is 2. The van der Waals surface area contributed by atoms with E-state index in [1.807, 2.05) is 0 Å². The van der Waals surface area contributed by atoms with Crippen molar-refractivity contribution in [3.05, 3.63) is 29.0 Å². The molecule has 14 heavy (non-hydrogen) atoms. The van der Waals surface area contributed by atoms with Crippen LogP contribution in [0.5, 0.6) is 0 Å². The molecule has 0 bridgehead atoms. The minimum Gasteiger partial charge on any atom is -0.358 e. The summed E-state index contributed by atoms with van der Waals surface area (Å²) in [5.74, 6) is -0.389. The number of hydrogen-bond acceptors (Lipinski definition) is 3. The molecular weight excluding hydrogens is 424 g/mol. The molecule has 0 aliphatic rings. The first-order valence-electron chi connectivity index (χ1n) is 3.22. The Balaban J connectivity index is 3.31. The lowest BCUT2D eigenvalue weighted by molar-refractivity contribution is -0.390. The summed E-state index contributed by atoms with van der Waals surface area (Å²) < 4.78 is 24.7. The molecule has 0 aliphatic carbocycles. The van der Waals surface area contributed by atoms with Crippen molar-refractivity contribution in [2.75, 3.05) is 0 Å². The van der Waals surface area contributed by atoms with Crippen molar-refractivity contribution in [1.29, 1.82) is 0 Å². The predicted octanol–water partition coefficient (Wildman–Crippen LogP) is 3.14. The van der Waals surface area contributed by atoms with Crippen LogP contribution in [0.4, 0.5) is 14.6 Å². The topological polar surface area (TPSA) is 56.0 Å². The third-order valence-corrected chi connectivity index (χ3v) is 3.00. The lowest BCUT2D eigenvalue weighted by atomic mass is 10.3. The predicted molar refractivity (Wildman–Crippen MR) is 61.3 cm³/mol. The molecule has 0 unspecified atom stereocenters. The zero-order valence-corrected chi connectivity index (χ0v) is 10.7. The van der Waals surface area contributed by atoms with Crippen LogP contribution in [0.3, 0.4) is 0 Å². The van der Waals surface area contributed by atoms with Crippen molar-refractivity contribution in [2.45, 2.75) is 6.43 Å². The molecule has 76 valence electrons. The minimum absolute atomic E-state index is 0.0373. The number of rotatable bonds is 2. The van der Waals surface area contributed by atoms with Gasteiger partial charge < -0.3 is 10.1 Å². The van der Waals surface area contributed by atoms with Crippen LogP contribution >= 0.6 is 45.2 Å². The average molecular weight is 426 g/mol. The van der Waals surface area contributed by atoms with Crippen LogP contribution in [-0.4, -0.2) is 9.91 Å². The molecule has 0 atom stereocenters. The minimum atomic E-state index is -2.66. The van der Waals surface area contributed by atoms with Gasteiger partial charge in [0.15, 0.2) is 0 Å². The van der Waals surface area contributed by atoms with Gasteiger partial charge in [0.25, 0.3) is 6.43 Å². The Morgan fingerprint density at radius 1 is 1.50 bits per heavy atom. The molecule has 1 aromatic heterocycles. The molecule has 0 N–H and O–H groups in total. The van der Waals surface area contributed by atoms with Crippen LogP contribution in [0.2, 0.25) is 0 Å². The summed E-state index contributed by atoms with van der Waals surface area (Å²) in [6.07, 6.45) is -2.66. The van der Waals surface area contributed by atoms with Crippen molar-refractivity contribution in [2.24, 2.45) is 0 Å². The molecule has 0 saturated carbocycles. The van der Waals surface area contributed by atoms with Crippen LogP contribution in [0, 0.1) is 17.4 Å². The van der Waals surface area contributed by atoms with E-state index in [1.54, 1.807) is 45.2 Å². The van der Waals surface area contributed by atoms with Crippen molar-refractivity contribution >= 4 is 51.0 Å². The molecule has 0 aromatic carbocycles. The maximum atomic E-state index is 12.3. The van der Waals surface area contributed by atoms with E-state index < -0.39 is 11.3 Å². The summed E-state index contributed by atoms with van der Waals surface area (Å²) in [5.41, 5.74) is -0.277. The first-order chi connectivity index (χ1) is 6.43. The zero-order chi connectivity index (χ0) is 10.9. The first kappa shape index (κ1) is 11.9. The van der Waals surface area contributed by atoms with E-state index in [2.05, 4.69) is 4.98 Å². The fraction of sp³-hybridized carbons (Fsp3) is 0.167. The van der Waals surface area contributed by atoms with E-state index in [1.165, 1.54) is 0 Å². The molecule has 1 aromatic rings. The molecular formula is C6H2F2I2N2O2. The van der Waals surface area contributed by atoms with Crippen LogP contribution in [0.1, 0.15) is 12.0 Å². The maximum Gasteiger partial charge on any atom is 0.378 e. The first-order valence-corrected chi connectivity index (χ1v) is 5.37. The molecule has 0 aliphatic heterocycles. The van der Waals surface area contributed by atoms with Gasteiger partial charge in [0.1, 0.15) is 3.57 Å². The molecule has 1 rings (SSSR count). The Bertz CT molecular complexity index is 386. The van der Waals surface area contributed by atoms with Crippen molar-refractivity contribution in [1.82, 2.24) is 4.98 Å². The third-order valence-electron chi connectivity index (χ3n) is 1.35. The quantitative estimate of drug-likeness (QED) is 0.316. The SMILES string of the molecule is O=[N+]([O-])c1nc(I)c(C(F)F)cc1I. The second kappa shape index (κ2) is 4.59. The Hall–Kier alpha value is -0.130. The van der Waals surface area contributed by atoms with Gasteiger partial charge in [0.2, 0.25) is 3.70 Å². The van der Waals surface area contributed by atoms with Gasteiger partial charge in [0.05, 0.1) is 5.56 Å². The second-order valence-electron chi connectivity index (χ2n) is 2.23. The average Bonchev–Trinajstić information content (AvgIpc) is 2.07. The van der Waals surface area contributed by atoms with Crippen LogP contribution < -0.4 is 0 Å². The van der Waals surface area contributed by atoms with E-state index in [0.29, 0.717) is 0 Å². The van der Waals surface area contributed by atoms with Gasteiger partial charge in [-0.25, -0.2) is 8.78 Å². The monoisotopic (exact) mass is 426 g/mol. The third kappa shape index (κ3) is 2.46. The Morgan fingerprint density at radius 2 is 2.07 bits per heavy atom. The highest BCUT2D eigenvalue weighted by Crippen LogP contribution is 2.28. The van der Waals surface area contributed by atoms with Crippen LogP contribution in [-0.2, 0) is 0 Å².